The van der Waals surface area contributed by atoms with Crippen molar-refractivity contribution in [2.24, 2.45) is 11.3 Å². The van der Waals surface area contributed by atoms with Crippen molar-refractivity contribution in [3.8, 4) is 0 Å². The second-order valence-corrected chi connectivity index (χ2v) is 9.09. The SMILES string of the molecule is CCn1cc(S(=O)(=O)N2CCC3(CC2)CN(C)CC3COC)cn1. The fraction of sp³-hybridized carbons (Fsp3) is 0.812. The van der Waals surface area contributed by atoms with E-state index in [0.717, 1.165) is 32.5 Å². The van der Waals surface area contributed by atoms with Crippen molar-refractivity contribution < 1.29 is 13.2 Å². The van der Waals surface area contributed by atoms with Crippen LogP contribution in [-0.2, 0) is 21.3 Å². The minimum atomic E-state index is -3.44. The predicted molar refractivity (Wildman–Crippen MR) is 91.2 cm³/mol. The van der Waals surface area contributed by atoms with Crippen LogP contribution in [-0.4, -0.2) is 74.3 Å². The van der Waals surface area contributed by atoms with Crippen LogP contribution in [0.5, 0.6) is 0 Å². The van der Waals surface area contributed by atoms with Gasteiger partial charge in [0.2, 0.25) is 10.0 Å². The van der Waals surface area contributed by atoms with Gasteiger partial charge in [-0.05, 0) is 32.2 Å². The van der Waals surface area contributed by atoms with Crippen LogP contribution in [0.3, 0.4) is 0 Å². The lowest BCUT2D eigenvalue weighted by Gasteiger charge is -2.41. The minimum absolute atomic E-state index is 0.185. The number of methoxy groups -OCH3 is 1. The van der Waals surface area contributed by atoms with Crippen LogP contribution in [0.4, 0.5) is 0 Å². The summed E-state index contributed by atoms with van der Waals surface area (Å²) < 4.78 is 34.3. The van der Waals surface area contributed by atoms with E-state index in [9.17, 15) is 8.42 Å². The van der Waals surface area contributed by atoms with E-state index in [0.29, 0.717) is 30.4 Å². The molecule has 1 unspecified atom stereocenters. The van der Waals surface area contributed by atoms with Crippen LogP contribution in [0.2, 0.25) is 0 Å². The topological polar surface area (TPSA) is 67.7 Å². The van der Waals surface area contributed by atoms with Crippen molar-refractivity contribution in [3.05, 3.63) is 12.4 Å². The highest BCUT2D eigenvalue weighted by molar-refractivity contribution is 7.89. The van der Waals surface area contributed by atoms with Crippen molar-refractivity contribution in [1.82, 2.24) is 19.0 Å². The van der Waals surface area contributed by atoms with E-state index in [-0.39, 0.29) is 5.41 Å². The van der Waals surface area contributed by atoms with Gasteiger partial charge in [-0.3, -0.25) is 4.68 Å². The minimum Gasteiger partial charge on any atom is -0.384 e. The highest BCUT2D eigenvalue weighted by Crippen LogP contribution is 2.45. The van der Waals surface area contributed by atoms with Crippen molar-refractivity contribution >= 4 is 10.0 Å². The lowest BCUT2D eigenvalue weighted by Crippen LogP contribution is -2.47. The van der Waals surface area contributed by atoms with Gasteiger partial charge in [0.05, 0.1) is 12.8 Å². The van der Waals surface area contributed by atoms with E-state index in [2.05, 4.69) is 17.0 Å². The largest absolute Gasteiger partial charge is 0.384 e. The first kappa shape index (κ1) is 17.8. The van der Waals surface area contributed by atoms with Gasteiger partial charge in [-0.2, -0.15) is 9.40 Å². The molecule has 8 heteroatoms. The Balaban J connectivity index is 1.72. The van der Waals surface area contributed by atoms with Crippen molar-refractivity contribution in [1.29, 1.82) is 0 Å². The number of piperidine rings is 1. The molecule has 0 aromatic carbocycles. The van der Waals surface area contributed by atoms with Crippen LogP contribution in [0.15, 0.2) is 17.3 Å². The third kappa shape index (κ3) is 3.12. The quantitative estimate of drug-likeness (QED) is 0.784. The average Bonchev–Trinajstić information content (AvgIpc) is 3.14. The summed E-state index contributed by atoms with van der Waals surface area (Å²) in [5.74, 6) is 0.486. The summed E-state index contributed by atoms with van der Waals surface area (Å²) in [6.45, 7) is 6.58. The fourth-order valence-corrected chi connectivity index (χ4v) is 5.67. The van der Waals surface area contributed by atoms with Gasteiger partial charge in [0.1, 0.15) is 4.90 Å². The van der Waals surface area contributed by atoms with Gasteiger partial charge in [-0.15, -0.1) is 0 Å². The Labute approximate surface area is 144 Å². The number of ether oxygens (including phenoxy) is 1. The first-order valence-corrected chi connectivity index (χ1v) is 10.1. The number of hydrogen-bond acceptors (Lipinski definition) is 5. The summed E-state index contributed by atoms with van der Waals surface area (Å²) in [5.41, 5.74) is 0.185. The Hall–Kier alpha value is -0.960. The molecule has 0 N–H and O–H groups in total. The summed E-state index contributed by atoms with van der Waals surface area (Å²) in [4.78, 5) is 2.65. The second-order valence-electron chi connectivity index (χ2n) is 7.15. The number of aryl methyl sites for hydroxylation is 1. The van der Waals surface area contributed by atoms with E-state index in [1.165, 1.54) is 6.20 Å². The molecule has 0 saturated carbocycles. The van der Waals surface area contributed by atoms with Crippen LogP contribution in [0, 0.1) is 11.3 Å². The molecule has 2 fully saturated rings. The highest BCUT2D eigenvalue weighted by Gasteiger charge is 2.48. The summed E-state index contributed by atoms with van der Waals surface area (Å²) in [6.07, 6.45) is 4.87. The number of hydrogen-bond donors (Lipinski definition) is 0. The summed E-state index contributed by atoms with van der Waals surface area (Å²) >= 11 is 0. The zero-order valence-electron chi connectivity index (χ0n) is 14.8. The maximum absolute atomic E-state index is 12.8. The van der Waals surface area contributed by atoms with Crippen molar-refractivity contribution in [3.63, 3.8) is 0 Å². The molecule has 1 atom stereocenters. The lowest BCUT2D eigenvalue weighted by atomic mass is 9.71. The van der Waals surface area contributed by atoms with E-state index >= 15 is 0 Å². The summed E-state index contributed by atoms with van der Waals surface area (Å²) in [7, 11) is 0.450. The molecule has 1 aromatic rings. The molecule has 2 aliphatic rings. The monoisotopic (exact) mass is 356 g/mol. The van der Waals surface area contributed by atoms with E-state index in [4.69, 9.17) is 4.74 Å². The van der Waals surface area contributed by atoms with Gasteiger partial charge in [-0.1, -0.05) is 0 Å². The Morgan fingerprint density at radius 3 is 2.67 bits per heavy atom. The van der Waals surface area contributed by atoms with E-state index < -0.39 is 10.0 Å². The molecule has 2 saturated heterocycles. The second kappa shape index (κ2) is 6.74. The van der Waals surface area contributed by atoms with Gasteiger partial charge in [0, 0.05) is 51.9 Å². The van der Waals surface area contributed by atoms with Gasteiger partial charge in [0.25, 0.3) is 0 Å². The Morgan fingerprint density at radius 2 is 2.08 bits per heavy atom. The fourth-order valence-electron chi connectivity index (χ4n) is 4.27. The first-order chi connectivity index (χ1) is 11.4. The molecule has 0 amide bonds. The van der Waals surface area contributed by atoms with Gasteiger partial charge in [0.15, 0.2) is 0 Å². The van der Waals surface area contributed by atoms with Gasteiger partial charge in [-0.25, -0.2) is 8.42 Å². The molecule has 3 rings (SSSR count). The number of sulfonamides is 1. The summed E-state index contributed by atoms with van der Waals surface area (Å²) in [6, 6.07) is 0. The number of rotatable bonds is 5. The highest BCUT2D eigenvalue weighted by atomic mass is 32.2. The van der Waals surface area contributed by atoms with E-state index in [1.54, 1.807) is 22.3 Å². The van der Waals surface area contributed by atoms with Crippen LogP contribution in [0.25, 0.3) is 0 Å². The molecule has 2 aliphatic heterocycles. The van der Waals surface area contributed by atoms with Crippen LogP contribution < -0.4 is 0 Å². The average molecular weight is 356 g/mol. The molecule has 24 heavy (non-hydrogen) atoms. The lowest BCUT2D eigenvalue weighted by molar-refractivity contribution is 0.0569. The Kier molecular flexibility index (Phi) is 5.01. The molecular weight excluding hydrogens is 328 g/mol. The Morgan fingerprint density at radius 1 is 1.38 bits per heavy atom. The zero-order valence-corrected chi connectivity index (χ0v) is 15.6. The maximum atomic E-state index is 12.8. The molecule has 3 heterocycles. The molecule has 1 spiro atoms. The standard InChI is InChI=1S/C16H28N4O3S/c1-4-19-11-15(9-17-19)24(21,22)20-7-5-16(6-8-20)13-18(2)10-14(16)12-23-3/h9,11,14H,4-8,10,12-13H2,1-3H3. The van der Waals surface area contributed by atoms with Crippen molar-refractivity contribution in [2.45, 2.75) is 31.2 Å². The molecule has 0 radical (unpaired) electrons. The van der Waals surface area contributed by atoms with Crippen LogP contribution in [0.1, 0.15) is 19.8 Å². The predicted octanol–water partition coefficient (Wildman–Crippen LogP) is 0.882. The number of nitrogens with zero attached hydrogens (tertiary/aromatic N) is 4. The van der Waals surface area contributed by atoms with E-state index in [1.807, 2.05) is 6.92 Å². The molecule has 0 bridgehead atoms. The maximum Gasteiger partial charge on any atom is 0.246 e. The Bertz CT molecular complexity index is 665. The molecule has 1 aromatic heterocycles. The molecular formula is C16H28N4O3S. The zero-order chi connectivity index (χ0) is 17.4. The number of likely N-dealkylation sites (tertiary alicyclic amines) is 1. The van der Waals surface area contributed by atoms with Gasteiger partial charge < -0.3 is 9.64 Å². The van der Waals surface area contributed by atoms with Crippen molar-refractivity contribution in [2.75, 3.05) is 46.9 Å². The third-order valence-electron chi connectivity index (χ3n) is 5.64. The molecule has 7 nitrogen and oxygen atoms in total. The normalized spacial score (nSPS) is 25.5. The smallest absolute Gasteiger partial charge is 0.246 e. The summed E-state index contributed by atoms with van der Waals surface area (Å²) in [5, 5.41) is 4.10. The number of aromatic nitrogens is 2. The molecule has 136 valence electrons. The first-order valence-electron chi connectivity index (χ1n) is 8.61. The van der Waals surface area contributed by atoms with Crippen LogP contribution >= 0.6 is 0 Å². The third-order valence-corrected chi connectivity index (χ3v) is 7.49. The van der Waals surface area contributed by atoms with Gasteiger partial charge >= 0.3 is 0 Å². The molecule has 0 aliphatic carbocycles.